The van der Waals surface area contributed by atoms with Gasteiger partial charge in [-0.1, -0.05) is 0 Å². The normalized spacial score (nSPS) is 10.3. The van der Waals surface area contributed by atoms with Crippen LogP contribution in [0.5, 0.6) is 0 Å². The highest BCUT2D eigenvalue weighted by Crippen LogP contribution is 2.16. The average molecular weight is 277 g/mol. The zero-order valence-electron chi connectivity index (χ0n) is 11.2. The summed E-state index contributed by atoms with van der Waals surface area (Å²) in [7, 11) is 0. The lowest BCUT2D eigenvalue weighted by molar-refractivity contribution is -0.595. The molecule has 0 saturated heterocycles. The molecule has 0 aliphatic carbocycles. The summed E-state index contributed by atoms with van der Waals surface area (Å²) >= 11 is 0. The smallest absolute Gasteiger partial charge is 0.335 e. The van der Waals surface area contributed by atoms with E-state index in [-0.39, 0.29) is 5.56 Å². The van der Waals surface area contributed by atoms with E-state index in [1.807, 2.05) is 41.2 Å². The number of pyridine rings is 2. The highest BCUT2D eigenvalue weighted by Gasteiger charge is 2.08. The van der Waals surface area contributed by atoms with Gasteiger partial charge in [-0.05, 0) is 35.4 Å². The summed E-state index contributed by atoms with van der Waals surface area (Å²) in [6, 6.07) is 14.7. The summed E-state index contributed by atoms with van der Waals surface area (Å²) in [4.78, 5) is 14.8. The molecular formula is C17H13N2O2+. The molecule has 0 spiro atoms. The van der Waals surface area contributed by atoms with Gasteiger partial charge in [0.25, 0.3) is 0 Å². The monoisotopic (exact) mass is 277 g/mol. The maximum absolute atomic E-state index is 10.8. The molecule has 2 aromatic heterocycles. The van der Waals surface area contributed by atoms with Gasteiger partial charge in [0.2, 0.25) is 5.69 Å². The summed E-state index contributed by atoms with van der Waals surface area (Å²) in [5.41, 5.74) is 3.42. The van der Waals surface area contributed by atoms with Crippen LogP contribution in [0.1, 0.15) is 10.4 Å². The van der Waals surface area contributed by atoms with Crippen molar-refractivity contribution in [3.63, 3.8) is 0 Å². The van der Waals surface area contributed by atoms with Gasteiger partial charge in [-0.25, -0.2) is 4.79 Å². The fourth-order valence-electron chi connectivity index (χ4n) is 2.11. The summed E-state index contributed by atoms with van der Waals surface area (Å²) < 4.78 is 1.94. The third-order valence-corrected chi connectivity index (χ3v) is 3.26. The van der Waals surface area contributed by atoms with Crippen LogP contribution in [-0.2, 0) is 0 Å². The van der Waals surface area contributed by atoms with E-state index in [1.54, 1.807) is 36.7 Å². The molecule has 0 unspecified atom stereocenters. The van der Waals surface area contributed by atoms with Crippen LogP contribution in [0, 0.1) is 0 Å². The predicted molar refractivity (Wildman–Crippen MR) is 78.2 cm³/mol. The predicted octanol–water partition coefficient (Wildman–Crippen LogP) is 2.72. The van der Waals surface area contributed by atoms with E-state index >= 15 is 0 Å². The molecule has 1 aromatic carbocycles. The summed E-state index contributed by atoms with van der Waals surface area (Å²) in [5, 5.41) is 8.90. The zero-order chi connectivity index (χ0) is 14.7. The number of aromatic carboxylic acids is 1. The van der Waals surface area contributed by atoms with Crippen LogP contribution in [0.4, 0.5) is 0 Å². The molecule has 4 heteroatoms. The fraction of sp³-hybridized carbons (Fsp3) is 0. The quantitative estimate of drug-likeness (QED) is 0.749. The van der Waals surface area contributed by atoms with Gasteiger partial charge in [0.15, 0.2) is 12.4 Å². The minimum atomic E-state index is -0.917. The summed E-state index contributed by atoms with van der Waals surface area (Å²) in [6.45, 7) is 0. The highest BCUT2D eigenvalue weighted by atomic mass is 16.4. The number of carboxylic acid groups (broad SMARTS) is 1. The molecule has 3 aromatic rings. The van der Waals surface area contributed by atoms with Crippen LogP contribution in [0.2, 0.25) is 0 Å². The molecule has 21 heavy (non-hydrogen) atoms. The topological polar surface area (TPSA) is 54.1 Å². The lowest BCUT2D eigenvalue weighted by Gasteiger charge is -2.00. The minimum absolute atomic E-state index is 0.285. The molecule has 1 N–H and O–H groups in total. The first kappa shape index (κ1) is 13.0. The molecule has 0 atom stereocenters. The van der Waals surface area contributed by atoms with E-state index in [9.17, 15) is 4.79 Å². The average Bonchev–Trinajstić information content (AvgIpc) is 2.56. The number of carbonyl (C=O) groups is 1. The van der Waals surface area contributed by atoms with E-state index in [2.05, 4.69) is 4.98 Å². The molecule has 0 saturated carbocycles. The van der Waals surface area contributed by atoms with Gasteiger partial charge in [-0.2, -0.15) is 4.57 Å². The molecular weight excluding hydrogens is 264 g/mol. The number of hydrogen-bond donors (Lipinski definition) is 1. The van der Waals surface area contributed by atoms with Gasteiger partial charge in [0.1, 0.15) is 0 Å². The van der Waals surface area contributed by atoms with Crippen molar-refractivity contribution in [3.05, 3.63) is 78.9 Å². The van der Waals surface area contributed by atoms with Crippen molar-refractivity contribution < 1.29 is 14.5 Å². The Bertz CT molecular complexity index is 751. The Morgan fingerprint density at radius 1 is 0.857 bits per heavy atom. The Labute approximate surface area is 122 Å². The third-order valence-electron chi connectivity index (χ3n) is 3.26. The molecule has 0 radical (unpaired) electrons. The Hall–Kier alpha value is -3.01. The Kier molecular flexibility index (Phi) is 3.43. The van der Waals surface area contributed by atoms with Crippen LogP contribution in [0.25, 0.3) is 16.8 Å². The summed E-state index contributed by atoms with van der Waals surface area (Å²) in [6.07, 6.45) is 7.43. The largest absolute Gasteiger partial charge is 0.478 e. The van der Waals surface area contributed by atoms with Gasteiger partial charge in [0.05, 0.1) is 5.56 Å². The molecule has 0 aliphatic rings. The first-order valence-corrected chi connectivity index (χ1v) is 6.49. The van der Waals surface area contributed by atoms with Gasteiger partial charge in [-0.15, -0.1) is 0 Å². The van der Waals surface area contributed by atoms with Crippen LogP contribution in [0.15, 0.2) is 73.3 Å². The van der Waals surface area contributed by atoms with E-state index in [0.29, 0.717) is 0 Å². The number of carboxylic acids is 1. The van der Waals surface area contributed by atoms with Gasteiger partial charge in [0, 0.05) is 36.7 Å². The summed E-state index contributed by atoms with van der Waals surface area (Å²) in [5.74, 6) is -0.917. The number of rotatable bonds is 3. The molecule has 0 aliphatic heterocycles. The van der Waals surface area contributed by atoms with Crippen molar-refractivity contribution in [1.29, 1.82) is 0 Å². The first-order chi connectivity index (χ1) is 10.2. The van der Waals surface area contributed by atoms with E-state index in [0.717, 1.165) is 16.8 Å². The lowest BCUT2D eigenvalue weighted by Crippen LogP contribution is -2.29. The van der Waals surface area contributed by atoms with Crippen LogP contribution in [0.3, 0.4) is 0 Å². The van der Waals surface area contributed by atoms with Gasteiger partial charge >= 0.3 is 5.97 Å². The van der Waals surface area contributed by atoms with Crippen molar-refractivity contribution in [2.45, 2.75) is 0 Å². The molecule has 0 bridgehead atoms. The van der Waals surface area contributed by atoms with E-state index in [4.69, 9.17) is 5.11 Å². The minimum Gasteiger partial charge on any atom is -0.478 e. The van der Waals surface area contributed by atoms with E-state index < -0.39 is 5.97 Å². The van der Waals surface area contributed by atoms with Crippen molar-refractivity contribution in [2.75, 3.05) is 0 Å². The second-order valence-corrected chi connectivity index (χ2v) is 4.58. The molecule has 4 nitrogen and oxygen atoms in total. The second-order valence-electron chi connectivity index (χ2n) is 4.58. The van der Waals surface area contributed by atoms with Gasteiger partial charge < -0.3 is 5.11 Å². The zero-order valence-corrected chi connectivity index (χ0v) is 11.2. The Balaban J connectivity index is 1.89. The van der Waals surface area contributed by atoms with Crippen LogP contribution >= 0.6 is 0 Å². The fourth-order valence-corrected chi connectivity index (χ4v) is 2.11. The maximum Gasteiger partial charge on any atom is 0.335 e. The molecule has 2 heterocycles. The Morgan fingerprint density at radius 3 is 2.00 bits per heavy atom. The van der Waals surface area contributed by atoms with Crippen LogP contribution < -0.4 is 4.57 Å². The number of nitrogens with zero attached hydrogens (tertiary/aromatic N) is 2. The molecule has 3 rings (SSSR count). The third kappa shape index (κ3) is 2.79. The lowest BCUT2D eigenvalue weighted by atomic mass is 10.1. The molecule has 0 amide bonds. The Morgan fingerprint density at radius 2 is 1.43 bits per heavy atom. The van der Waals surface area contributed by atoms with Crippen molar-refractivity contribution in [1.82, 2.24) is 4.98 Å². The van der Waals surface area contributed by atoms with Gasteiger partial charge in [-0.3, -0.25) is 4.98 Å². The number of aromatic nitrogens is 2. The van der Waals surface area contributed by atoms with Crippen LogP contribution in [-0.4, -0.2) is 16.1 Å². The second kappa shape index (κ2) is 5.54. The van der Waals surface area contributed by atoms with E-state index in [1.165, 1.54) is 0 Å². The highest BCUT2D eigenvalue weighted by molar-refractivity contribution is 5.87. The molecule has 102 valence electrons. The SMILES string of the molecule is O=C(O)c1ccc(-[n+]2ccc(-c3ccncc3)cc2)cc1. The number of benzene rings is 1. The first-order valence-electron chi connectivity index (χ1n) is 6.49. The van der Waals surface area contributed by atoms with Crippen molar-refractivity contribution >= 4 is 5.97 Å². The molecule has 0 fully saturated rings. The standard InChI is InChI=1S/C17H12N2O2/c20-17(21)15-1-3-16(4-2-15)19-11-7-14(8-12-19)13-5-9-18-10-6-13/h1-12H/p+1. The maximum atomic E-state index is 10.8. The van der Waals surface area contributed by atoms with Crippen molar-refractivity contribution in [3.8, 4) is 16.8 Å². The number of hydrogen-bond acceptors (Lipinski definition) is 2. The van der Waals surface area contributed by atoms with Crippen molar-refractivity contribution in [2.24, 2.45) is 0 Å².